The number of para-hydroxylation sites is 1. The highest BCUT2D eigenvalue weighted by Gasteiger charge is 2.16. The molecule has 0 unspecified atom stereocenters. The van der Waals surface area contributed by atoms with E-state index in [0.29, 0.717) is 13.0 Å². The lowest BCUT2D eigenvalue weighted by Gasteiger charge is -2.13. The number of hydrogen-bond acceptors (Lipinski definition) is 3. The molecule has 22 heavy (non-hydrogen) atoms. The first-order valence-electron chi connectivity index (χ1n) is 7.27. The third kappa shape index (κ3) is 3.85. The Morgan fingerprint density at radius 2 is 2.05 bits per heavy atom. The molecule has 1 aromatic heterocycles. The Hall–Kier alpha value is -2.34. The Morgan fingerprint density at radius 3 is 2.77 bits per heavy atom. The first-order chi connectivity index (χ1) is 10.5. The van der Waals surface area contributed by atoms with Gasteiger partial charge in [0, 0.05) is 44.2 Å². The molecule has 0 aliphatic carbocycles. The molecule has 0 spiro atoms. The van der Waals surface area contributed by atoms with Crippen LogP contribution in [0.1, 0.15) is 12.0 Å². The second-order valence-corrected chi connectivity index (χ2v) is 5.50. The SMILES string of the molecule is CN(C)C(=O)CCNC(=O)[C@@H](N)Cc1c[nH]c2ccccc12. The normalized spacial score (nSPS) is 12.1. The Labute approximate surface area is 129 Å². The quantitative estimate of drug-likeness (QED) is 0.731. The number of carbonyl (C=O) groups excluding carboxylic acids is 2. The van der Waals surface area contributed by atoms with Crippen LogP contribution in [0.4, 0.5) is 0 Å². The maximum Gasteiger partial charge on any atom is 0.237 e. The Morgan fingerprint density at radius 1 is 1.32 bits per heavy atom. The second kappa shape index (κ2) is 7.09. The van der Waals surface area contributed by atoms with Crippen LogP contribution in [-0.2, 0) is 16.0 Å². The molecule has 1 heterocycles. The minimum Gasteiger partial charge on any atom is -0.361 e. The molecule has 6 nitrogen and oxygen atoms in total. The molecule has 2 aromatic rings. The van der Waals surface area contributed by atoms with Crippen molar-refractivity contribution in [2.75, 3.05) is 20.6 Å². The van der Waals surface area contributed by atoms with Crippen molar-refractivity contribution in [2.24, 2.45) is 5.73 Å². The predicted molar refractivity (Wildman–Crippen MR) is 86.3 cm³/mol. The van der Waals surface area contributed by atoms with Crippen LogP contribution in [0.2, 0.25) is 0 Å². The summed E-state index contributed by atoms with van der Waals surface area (Å²) in [5.74, 6) is -0.262. The minimum atomic E-state index is -0.631. The molecule has 118 valence electrons. The lowest BCUT2D eigenvalue weighted by Crippen LogP contribution is -2.43. The molecule has 0 saturated carbocycles. The number of amides is 2. The van der Waals surface area contributed by atoms with Gasteiger partial charge in [0.15, 0.2) is 0 Å². The van der Waals surface area contributed by atoms with Gasteiger partial charge in [-0.1, -0.05) is 18.2 Å². The lowest BCUT2D eigenvalue weighted by molar-refractivity contribution is -0.128. The number of aromatic amines is 1. The van der Waals surface area contributed by atoms with Crippen LogP contribution < -0.4 is 11.1 Å². The molecule has 0 saturated heterocycles. The fourth-order valence-corrected chi connectivity index (χ4v) is 2.28. The molecule has 2 amide bonds. The van der Waals surface area contributed by atoms with Gasteiger partial charge in [0.2, 0.25) is 11.8 Å². The van der Waals surface area contributed by atoms with Crippen molar-refractivity contribution in [3.05, 3.63) is 36.0 Å². The Kier molecular flexibility index (Phi) is 5.16. The third-order valence-electron chi connectivity index (χ3n) is 3.59. The van der Waals surface area contributed by atoms with Crippen molar-refractivity contribution in [1.82, 2.24) is 15.2 Å². The summed E-state index contributed by atoms with van der Waals surface area (Å²) in [6, 6.07) is 7.27. The average Bonchev–Trinajstić information content (AvgIpc) is 2.90. The summed E-state index contributed by atoms with van der Waals surface area (Å²) >= 11 is 0. The number of fused-ring (bicyclic) bond motifs is 1. The largest absolute Gasteiger partial charge is 0.361 e. The van der Waals surface area contributed by atoms with E-state index in [1.807, 2.05) is 30.5 Å². The summed E-state index contributed by atoms with van der Waals surface area (Å²) in [4.78, 5) is 28.1. The number of H-pyrrole nitrogens is 1. The van der Waals surface area contributed by atoms with Crippen molar-refractivity contribution >= 4 is 22.7 Å². The van der Waals surface area contributed by atoms with Crippen molar-refractivity contribution < 1.29 is 9.59 Å². The zero-order chi connectivity index (χ0) is 16.1. The van der Waals surface area contributed by atoms with Gasteiger partial charge in [0.25, 0.3) is 0 Å². The topological polar surface area (TPSA) is 91.2 Å². The second-order valence-electron chi connectivity index (χ2n) is 5.50. The molecule has 0 aliphatic heterocycles. The van der Waals surface area contributed by atoms with Gasteiger partial charge in [-0.25, -0.2) is 0 Å². The zero-order valence-corrected chi connectivity index (χ0v) is 12.9. The van der Waals surface area contributed by atoms with E-state index < -0.39 is 6.04 Å². The molecule has 6 heteroatoms. The van der Waals surface area contributed by atoms with Gasteiger partial charge in [-0.2, -0.15) is 0 Å². The van der Waals surface area contributed by atoms with Gasteiger partial charge in [0.05, 0.1) is 6.04 Å². The molecule has 1 aromatic carbocycles. The highest BCUT2D eigenvalue weighted by atomic mass is 16.2. The minimum absolute atomic E-state index is 0.0227. The summed E-state index contributed by atoms with van der Waals surface area (Å²) in [6.45, 7) is 0.303. The number of carbonyl (C=O) groups is 2. The zero-order valence-electron chi connectivity index (χ0n) is 12.9. The van der Waals surface area contributed by atoms with Crippen molar-refractivity contribution in [2.45, 2.75) is 18.9 Å². The number of aromatic nitrogens is 1. The van der Waals surface area contributed by atoms with Crippen LogP contribution in [0.15, 0.2) is 30.5 Å². The molecule has 0 bridgehead atoms. The van der Waals surface area contributed by atoms with Crippen molar-refractivity contribution in [1.29, 1.82) is 0 Å². The van der Waals surface area contributed by atoms with E-state index in [2.05, 4.69) is 10.3 Å². The van der Waals surface area contributed by atoms with E-state index in [0.717, 1.165) is 16.5 Å². The monoisotopic (exact) mass is 302 g/mol. The summed E-state index contributed by atoms with van der Waals surface area (Å²) in [6.07, 6.45) is 2.61. The number of nitrogens with one attached hydrogen (secondary N) is 2. The summed E-state index contributed by atoms with van der Waals surface area (Å²) in [5.41, 5.74) is 8.00. The number of hydrogen-bond donors (Lipinski definition) is 3. The van der Waals surface area contributed by atoms with Gasteiger partial charge in [0.1, 0.15) is 0 Å². The third-order valence-corrected chi connectivity index (χ3v) is 3.59. The van der Waals surface area contributed by atoms with E-state index in [1.54, 1.807) is 14.1 Å². The van der Waals surface area contributed by atoms with E-state index in [9.17, 15) is 9.59 Å². The Bertz CT molecular complexity index is 663. The van der Waals surface area contributed by atoms with Crippen LogP contribution in [-0.4, -0.2) is 48.4 Å². The van der Waals surface area contributed by atoms with Crippen LogP contribution in [0, 0.1) is 0 Å². The molecular weight excluding hydrogens is 280 g/mol. The molecule has 0 radical (unpaired) electrons. The number of benzene rings is 1. The number of rotatable bonds is 6. The van der Waals surface area contributed by atoms with Gasteiger partial charge in [-0.15, -0.1) is 0 Å². The van der Waals surface area contributed by atoms with Crippen molar-refractivity contribution in [3.63, 3.8) is 0 Å². The average molecular weight is 302 g/mol. The van der Waals surface area contributed by atoms with Crippen LogP contribution in [0.5, 0.6) is 0 Å². The van der Waals surface area contributed by atoms with Crippen LogP contribution in [0.3, 0.4) is 0 Å². The van der Waals surface area contributed by atoms with Gasteiger partial charge < -0.3 is 20.9 Å². The molecule has 4 N–H and O–H groups in total. The van der Waals surface area contributed by atoms with Crippen molar-refractivity contribution in [3.8, 4) is 0 Å². The highest BCUT2D eigenvalue weighted by molar-refractivity contribution is 5.86. The van der Waals surface area contributed by atoms with E-state index in [1.165, 1.54) is 4.90 Å². The molecule has 2 rings (SSSR count). The first kappa shape index (κ1) is 16.0. The standard InChI is InChI=1S/C16H22N4O2/c1-20(2)15(21)7-8-18-16(22)13(17)9-11-10-19-14-6-4-3-5-12(11)14/h3-6,10,13,19H,7-9,17H2,1-2H3,(H,18,22)/t13-/m0/s1. The maximum absolute atomic E-state index is 12.0. The van der Waals surface area contributed by atoms with Crippen LogP contribution in [0.25, 0.3) is 10.9 Å². The number of nitrogens with two attached hydrogens (primary N) is 1. The first-order valence-corrected chi connectivity index (χ1v) is 7.27. The fourth-order valence-electron chi connectivity index (χ4n) is 2.28. The summed E-state index contributed by atoms with van der Waals surface area (Å²) in [5, 5.41) is 3.78. The molecule has 1 atom stereocenters. The molecule has 0 fully saturated rings. The van der Waals surface area contributed by atoms with Gasteiger partial charge in [-0.3, -0.25) is 9.59 Å². The van der Waals surface area contributed by atoms with Gasteiger partial charge in [-0.05, 0) is 18.1 Å². The van der Waals surface area contributed by atoms with E-state index in [-0.39, 0.29) is 18.2 Å². The van der Waals surface area contributed by atoms with E-state index in [4.69, 9.17) is 5.73 Å². The smallest absolute Gasteiger partial charge is 0.237 e. The number of nitrogens with zero attached hydrogens (tertiary/aromatic N) is 1. The fraction of sp³-hybridized carbons (Fsp3) is 0.375. The predicted octanol–water partition coefficient (Wildman–Crippen LogP) is 0.632. The lowest BCUT2D eigenvalue weighted by atomic mass is 10.1. The maximum atomic E-state index is 12.0. The summed E-state index contributed by atoms with van der Waals surface area (Å²) in [7, 11) is 3.37. The van der Waals surface area contributed by atoms with E-state index >= 15 is 0 Å². The van der Waals surface area contributed by atoms with Gasteiger partial charge >= 0.3 is 0 Å². The molecular formula is C16H22N4O2. The molecule has 0 aliphatic rings. The Balaban J connectivity index is 1.87. The summed E-state index contributed by atoms with van der Waals surface area (Å²) < 4.78 is 0. The van der Waals surface area contributed by atoms with Crippen LogP contribution >= 0.6 is 0 Å². The highest BCUT2D eigenvalue weighted by Crippen LogP contribution is 2.18.